The molecule has 0 fully saturated rings. The Hall–Kier alpha value is -4.26. The topological polar surface area (TPSA) is 0 Å². The molecule has 11 rings (SSSR count). The van der Waals surface area contributed by atoms with Crippen molar-refractivity contribution in [3.63, 3.8) is 0 Å². The van der Waals surface area contributed by atoms with Gasteiger partial charge in [0, 0.05) is 7.14 Å². The van der Waals surface area contributed by atoms with Gasteiger partial charge in [-0.1, -0.05) is 121 Å². The normalized spacial score (nSPS) is 12.6. The fraction of sp³-hybridized carbons (Fsp3) is 0. The minimum Gasteiger partial charge on any atom is -0.0622 e. The summed E-state index contributed by atoms with van der Waals surface area (Å²) in [6, 6.07) is 50.1. The molecule has 0 aliphatic carbocycles. The molecule has 2 heteroatoms. The number of fused-ring (bicyclic) bond motifs is 6. The van der Waals surface area contributed by atoms with Crippen molar-refractivity contribution in [2.45, 2.75) is 0 Å². The largest absolute Gasteiger partial charge is 0.0622 e. The van der Waals surface area contributed by atoms with Gasteiger partial charge in [0.15, 0.2) is 0 Å². The van der Waals surface area contributed by atoms with Gasteiger partial charge in [0.1, 0.15) is 0 Å². The number of hydrogen-bond acceptors (Lipinski definition) is 0. The van der Waals surface area contributed by atoms with Gasteiger partial charge in [-0.05, 0) is 166 Å². The van der Waals surface area contributed by atoms with Crippen LogP contribution in [0.15, 0.2) is 133 Å². The second kappa shape index (κ2) is 9.18. The van der Waals surface area contributed by atoms with Crippen molar-refractivity contribution < 1.29 is 0 Å². The molecule has 46 heavy (non-hydrogen) atoms. The average Bonchev–Trinajstić information content (AvgIpc) is 3.11. The van der Waals surface area contributed by atoms with Crippen molar-refractivity contribution in [3.05, 3.63) is 141 Å². The average molecular weight is 804 g/mol. The lowest BCUT2D eigenvalue weighted by Crippen LogP contribution is -1.98. The van der Waals surface area contributed by atoms with Crippen molar-refractivity contribution in [3.8, 4) is 22.3 Å². The Balaban J connectivity index is 1.54. The summed E-state index contributed by atoms with van der Waals surface area (Å²) in [7, 11) is 0. The Bertz CT molecular complexity index is 2990. The summed E-state index contributed by atoms with van der Waals surface area (Å²) >= 11 is 5.17. The van der Waals surface area contributed by atoms with E-state index in [2.05, 4.69) is 179 Å². The van der Waals surface area contributed by atoms with Crippen LogP contribution in [0.5, 0.6) is 0 Å². The molecule has 11 aromatic carbocycles. The first-order chi connectivity index (χ1) is 22.7. The van der Waals surface area contributed by atoms with Crippen molar-refractivity contribution in [2.75, 3.05) is 0 Å². The van der Waals surface area contributed by atoms with E-state index in [1.807, 2.05) is 0 Å². The summed E-state index contributed by atoms with van der Waals surface area (Å²) in [6.07, 6.45) is 0. The monoisotopic (exact) mass is 804 g/mol. The minimum absolute atomic E-state index is 1.25. The molecule has 0 atom stereocenters. The van der Waals surface area contributed by atoms with E-state index >= 15 is 0 Å². The molecule has 0 nitrogen and oxygen atoms in total. The van der Waals surface area contributed by atoms with Gasteiger partial charge in [0.05, 0.1) is 0 Å². The highest BCUT2D eigenvalue weighted by atomic mass is 127. The molecular weight excluding hydrogens is 782 g/mol. The van der Waals surface area contributed by atoms with Gasteiger partial charge in [0.2, 0.25) is 0 Å². The van der Waals surface area contributed by atoms with E-state index in [1.165, 1.54) is 116 Å². The first kappa shape index (κ1) is 25.9. The first-order valence-electron chi connectivity index (χ1n) is 15.7. The lowest BCUT2D eigenvalue weighted by Gasteiger charge is -2.26. The van der Waals surface area contributed by atoms with Gasteiger partial charge in [-0.3, -0.25) is 0 Å². The van der Waals surface area contributed by atoms with Crippen molar-refractivity contribution >= 4 is 131 Å². The Labute approximate surface area is 291 Å². The van der Waals surface area contributed by atoms with E-state index in [4.69, 9.17) is 0 Å². The first-order valence-corrected chi connectivity index (χ1v) is 17.8. The molecule has 0 radical (unpaired) electrons. The molecule has 11 aromatic rings. The predicted molar refractivity (Wildman–Crippen MR) is 216 cm³/mol. The van der Waals surface area contributed by atoms with Crippen molar-refractivity contribution in [2.24, 2.45) is 0 Å². The summed E-state index contributed by atoms with van der Waals surface area (Å²) in [6.45, 7) is 0. The van der Waals surface area contributed by atoms with E-state index in [1.54, 1.807) is 0 Å². The Morgan fingerprint density at radius 2 is 0.652 bits per heavy atom. The number of rotatable bonds is 2. The van der Waals surface area contributed by atoms with Crippen LogP contribution in [-0.4, -0.2) is 0 Å². The smallest absolute Gasteiger partial charge is 0.0215 e. The van der Waals surface area contributed by atoms with Crippen LogP contribution in [0.2, 0.25) is 0 Å². The molecule has 0 aliphatic rings. The summed E-state index contributed by atoms with van der Waals surface area (Å²) in [5, 5.41) is 21.9. The maximum absolute atomic E-state index is 2.60. The third-order valence-corrected chi connectivity index (χ3v) is 12.2. The van der Waals surface area contributed by atoms with E-state index in [9.17, 15) is 0 Å². The molecule has 0 amide bonds. The quantitative estimate of drug-likeness (QED) is 0.0928. The maximum atomic E-state index is 2.60. The lowest BCUT2D eigenvalue weighted by atomic mass is 9.78. The Morgan fingerprint density at radius 1 is 0.261 bits per heavy atom. The van der Waals surface area contributed by atoms with E-state index < -0.39 is 0 Å². The zero-order valence-electron chi connectivity index (χ0n) is 24.5. The molecule has 0 saturated heterocycles. The molecule has 0 aliphatic heterocycles. The van der Waals surface area contributed by atoms with Gasteiger partial charge in [-0.2, -0.15) is 0 Å². The van der Waals surface area contributed by atoms with Crippen LogP contribution >= 0.6 is 45.2 Å². The predicted octanol–water partition coefficient (Wildman–Crippen LogP) is 13.8. The molecule has 212 valence electrons. The summed E-state index contributed by atoms with van der Waals surface area (Å²) in [5.74, 6) is 0. The fourth-order valence-electron chi connectivity index (χ4n) is 8.66. The Morgan fingerprint density at radius 3 is 1.26 bits per heavy atom. The fourth-order valence-corrected chi connectivity index (χ4v) is 10.2. The number of hydrogen-bond donors (Lipinski definition) is 0. The standard InChI is InChI=1S/C44H22I2/c45-35-21-33-28-14-8-7-13-27(28)29-17-18-30-36(46)22-34-38-26(24-11-5-2-6-12-24)16-15-25(23-9-3-1-4-10-23)37(38)32-20-19-31(35)41-42(32)44(34)40(30)39(29)43(33)41/h1-22H. The number of benzene rings is 11. The maximum Gasteiger partial charge on any atom is 0.0215 e. The van der Waals surface area contributed by atoms with Gasteiger partial charge in [-0.15, -0.1) is 0 Å². The van der Waals surface area contributed by atoms with Gasteiger partial charge < -0.3 is 0 Å². The minimum atomic E-state index is 1.25. The number of halogens is 2. The summed E-state index contributed by atoms with van der Waals surface area (Å²) in [4.78, 5) is 0. The molecule has 0 bridgehead atoms. The molecule has 0 saturated carbocycles. The molecule has 0 heterocycles. The second-order valence-electron chi connectivity index (χ2n) is 12.6. The van der Waals surface area contributed by atoms with Gasteiger partial charge in [0.25, 0.3) is 0 Å². The van der Waals surface area contributed by atoms with Crippen LogP contribution in [-0.2, 0) is 0 Å². The van der Waals surface area contributed by atoms with Crippen molar-refractivity contribution in [1.82, 2.24) is 0 Å². The van der Waals surface area contributed by atoms with Crippen LogP contribution in [0.3, 0.4) is 0 Å². The molecule has 0 unspecified atom stereocenters. The summed E-state index contributed by atoms with van der Waals surface area (Å²) < 4.78 is 2.61. The van der Waals surface area contributed by atoms with E-state index in [0.29, 0.717) is 0 Å². The van der Waals surface area contributed by atoms with Crippen molar-refractivity contribution in [1.29, 1.82) is 0 Å². The van der Waals surface area contributed by atoms with Gasteiger partial charge in [-0.25, -0.2) is 0 Å². The molecule has 0 N–H and O–H groups in total. The zero-order chi connectivity index (χ0) is 30.3. The lowest BCUT2D eigenvalue weighted by molar-refractivity contribution is 1.64. The molecular formula is C44H22I2. The van der Waals surface area contributed by atoms with Crippen LogP contribution in [0.1, 0.15) is 0 Å². The highest BCUT2D eigenvalue weighted by Crippen LogP contribution is 2.55. The summed E-state index contributed by atoms with van der Waals surface area (Å²) in [5.41, 5.74) is 5.08. The molecule has 0 aromatic heterocycles. The van der Waals surface area contributed by atoms with Crippen LogP contribution in [0, 0.1) is 7.14 Å². The Kier molecular flexibility index (Phi) is 5.16. The highest BCUT2D eigenvalue weighted by Gasteiger charge is 2.27. The highest BCUT2D eigenvalue weighted by molar-refractivity contribution is 14.1. The molecule has 0 spiro atoms. The van der Waals surface area contributed by atoms with Crippen LogP contribution < -0.4 is 0 Å². The van der Waals surface area contributed by atoms with E-state index in [-0.39, 0.29) is 0 Å². The van der Waals surface area contributed by atoms with E-state index in [0.717, 1.165) is 0 Å². The third kappa shape index (κ3) is 3.14. The third-order valence-electron chi connectivity index (χ3n) is 10.4. The second-order valence-corrected chi connectivity index (χ2v) is 14.9. The van der Waals surface area contributed by atoms with Gasteiger partial charge >= 0.3 is 0 Å². The van der Waals surface area contributed by atoms with Crippen LogP contribution in [0.4, 0.5) is 0 Å². The zero-order valence-corrected chi connectivity index (χ0v) is 28.8. The van der Waals surface area contributed by atoms with Crippen LogP contribution in [0.25, 0.3) is 108 Å². The SMILES string of the molecule is Ic1cc2c3ccccc3c3ccc4c(I)cc5c6c(-c7ccccc7)ccc(-c7ccccc7)c6c6ccc1c1c2c3c4c5c61.